The summed E-state index contributed by atoms with van der Waals surface area (Å²) in [6.45, 7) is 6.27. The standard InChI is InChI=1S/C15H21N3O4/c1-9-6-10(2)14(18(21)22)7-13(9)16-15(20)17-5-4-12(8-17)11(3)19/h6-7,11-12,19H,4-5,8H2,1-3H3,(H,16,20)/t11-,12-/m0/s1. The van der Waals surface area contributed by atoms with E-state index in [0.29, 0.717) is 24.3 Å². The lowest BCUT2D eigenvalue weighted by atomic mass is 10.0. The zero-order valence-electron chi connectivity index (χ0n) is 13.0. The smallest absolute Gasteiger partial charge is 0.321 e. The third kappa shape index (κ3) is 3.36. The fourth-order valence-electron chi connectivity index (χ4n) is 2.73. The van der Waals surface area contributed by atoms with Crippen LogP contribution in [0, 0.1) is 29.9 Å². The Balaban J connectivity index is 2.12. The second-order valence-electron chi connectivity index (χ2n) is 5.88. The summed E-state index contributed by atoms with van der Waals surface area (Å²) in [6.07, 6.45) is 0.318. The first-order valence-electron chi connectivity index (χ1n) is 7.29. The van der Waals surface area contributed by atoms with Crippen LogP contribution in [0.5, 0.6) is 0 Å². The van der Waals surface area contributed by atoms with Gasteiger partial charge in [-0.15, -0.1) is 0 Å². The minimum Gasteiger partial charge on any atom is -0.393 e. The van der Waals surface area contributed by atoms with Gasteiger partial charge < -0.3 is 15.3 Å². The van der Waals surface area contributed by atoms with Crippen molar-refractivity contribution in [3.05, 3.63) is 33.4 Å². The second kappa shape index (κ2) is 6.31. The predicted molar refractivity (Wildman–Crippen MR) is 82.9 cm³/mol. The second-order valence-corrected chi connectivity index (χ2v) is 5.88. The number of rotatable bonds is 3. The highest BCUT2D eigenvalue weighted by Gasteiger charge is 2.29. The number of hydrogen-bond donors (Lipinski definition) is 2. The van der Waals surface area contributed by atoms with Crippen molar-refractivity contribution in [1.82, 2.24) is 4.90 Å². The van der Waals surface area contributed by atoms with Crippen LogP contribution in [-0.4, -0.2) is 40.2 Å². The van der Waals surface area contributed by atoms with Gasteiger partial charge in [0.25, 0.3) is 5.69 Å². The quantitative estimate of drug-likeness (QED) is 0.662. The van der Waals surface area contributed by atoms with Gasteiger partial charge in [-0.05, 0) is 38.8 Å². The average molecular weight is 307 g/mol. The Kier molecular flexibility index (Phi) is 4.65. The Labute approximate surface area is 129 Å². The van der Waals surface area contributed by atoms with Gasteiger partial charge in [-0.25, -0.2) is 4.79 Å². The average Bonchev–Trinajstić information content (AvgIpc) is 2.91. The molecule has 1 aliphatic heterocycles. The molecule has 1 aromatic carbocycles. The number of nitro groups is 1. The van der Waals surface area contributed by atoms with E-state index in [1.807, 2.05) is 0 Å². The van der Waals surface area contributed by atoms with E-state index in [-0.39, 0.29) is 17.6 Å². The highest BCUT2D eigenvalue weighted by atomic mass is 16.6. The number of urea groups is 1. The van der Waals surface area contributed by atoms with E-state index >= 15 is 0 Å². The first kappa shape index (κ1) is 16.2. The van der Waals surface area contributed by atoms with Gasteiger partial charge in [-0.3, -0.25) is 10.1 Å². The van der Waals surface area contributed by atoms with Crippen molar-refractivity contribution >= 4 is 17.4 Å². The number of aliphatic hydroxyl groups is 1. The first-order chi connectivity index (χ1) is 10.3. The Morgan fingerprint density at radius 3 is 2.68 bits per heavy atom. The van der Waals surface area contributed by atoms with Crippen LogP contribution in [0.25, 0.3) is 0 Å². The SMILES string of the molecule is Cc1cc(C)c([N+](=O)[O-])cc1NC(=O)N1CC[C@H]([C@H](C)O)C1. The van der Waals surface area contributed by atoms with Crippen molar-refractivity contribution in [3.63, 3.8) is 0 Å². The first-order valence-corrected chi connectivity index (χ1v) is 7.29. The number of carbonyl (C=O) groups excluding carboxylic acids is 1. The maximum Gasteiger partial charge on any atom is 0.321 e. The fraction of sp³-hybridized carbons (Fsp3) is 0.533. The summed E-state index contributed by atoms with van der Waals surface area (Å²) in [7, 11) is 0. The van der Waals surface area contributed by atoms with Gasteiger partial charge in [0.1, 0.15) is 0 Å². The largest absolute Gasteiger partial charge is 0.393 e. The molecule has 0 spiro atoms. The molecule has 0 saturated carbocycles. The van der Waals surface area contributed by atoms with Crippen LogP contribution in [0.3, 0.4) is 0 Å². The van der Waals surface area contributed by atoms with E-state index in [4.69, 9.17) is 0 Å². The zero-order chi connectivity index (χ0) is 16.4. The van der Waals surface area contributed by atoms with Gasteiger partial charge in [0, 0.05) is 30.6 Å². The molecule has 2 rings (SSSR count). The summed E-state index contributed by atoms with van der Waals surface area (Å²) in [6, 6.07) is 2.80. The molecule has 0 aromatic heterocycles. The molecular formula is C15H21N3O4. The van der Waals surface area contributed by atoms with Crippen LogP contribution in [0.4, 0.5) is 16.2 Å². The number of anilines is 1. The van der Waals surface area contributed by atoms with Crippen molar-refractivity contribution in [3.8, 4) is 0 Å². The van der Waals surface area contributed by atoms with Crippen LogP contribution in [0.2, 0.25) is 0 Å². The van der Waals surface area contributed by atoms with E-state index in [2.05, 4.69) is 5.32 Å². The highest BCUT2D eigenvalue weighted by Crippen LogP contribution is 2.27. The molecule has 0 unspecified atom stereocenters. The lowest BCUT2D eigenvalue weighted by Gasteiger charge is -2.19. The molecule has 2 atom stereocenters. The molecule has 2 amide bonds. The van der Waals surface area contributed by atoms with Gasteiger partial charge in [0.15, 0.2) is 0 Å². The summed E-state index contributed by atoms with van der Waals surface area (Å²) < 4.78 is 0. The number of aryl methyl sites for hydroxylation is 2. The molecular weight excluding hydrogens is 286 g/mol. The van der Waals surface area contributed by atoms with Gasteiger partial charge in [-0.2, -0.15) is 0 Å². The van der Waals surface area contributed by atoms with Crippen LogP contribution in [0.1, 0.15) is 24.5 Å². The summed E-state index contributed by atoms with van der Waals surface area (Å²) >= 11 is 0. The molecule has 1 heterocycles. The summed E-state index contributed by atoms with van der Waals surface area (Å²) in [5.41, 5.74) is 1.78. The van der Waals surface area contributed by atoms with E-state index < -0.39 is 11.0 Å². The molecule has 1 fully saturated rings. The number of hydrogen-bond acceptors (Lipinski definition) is 4. The number of benzene rings is 1. The number of amides is 2. The van der Waals surface area contributed by atoms with Crippen molar-refractivity contribution in [2.24, 2.45) is 5.92 Å². The van der Waals surface area contributed by atoms with E-state index in [1.54, 1.807) is 31.7 Å². The molecule has 0 aliphatic carbocycles. The molecule has 1 aliphatic rings. The number of nitrogens with one attached hydrogen (secondary N) is 1. The Hall–Kier alpha value is -2.15. The third-order valence-electron chi connectivity index (χ3n) is 4.18. The number of nitro benzene ring substituents is 1. The Bertz CT molecular complexity index is 601. The van der Waals surface area contributed by atoms with Crippen molar-refractivity contribution in [2.75, 3.05) is 18.4 Å². The van der Waals surface area contributed by atoms with Crippen LogP contribution in [0.15, 0.2) is 12.1 Å². The van der Waals surface area contributed by atoms with Crippen molar-refractivity contribution in [1.29, 1.82) is 0 Å². The third-order valence-corrected chi connectivity index (χ3v) is 4.18. The van der Waals surface area contributed by atoms with Crippen LogP contribution < -0.4 is 5.32 Å². The summed E-state index contributed by atoms with van der Waals surface area (Å²) in [5.74, 6) is 0.0826. The van der Waals surface area contributed by atoms with Crippen LogP contribution >= 0.6 is 0 Å². The monoisotopic (exact) mass is 307 g/mol. The minimum absolute atomic E-state index is 0.0100. The molecule has 0 bridgehead atoms. The zero-order valence-corrected chi connectivity index (χ0v) is 13.0. The van der Waals surface area contributed by atoms with Gasteiger partial charge in [0.05, 0.1) is 16.7 Å². The number of aliphatic hydroxyl groups excluding tert-OH is 1. The van der Waals surface area contributed by atoms with Crippen LogP contribution in [-0.2, 0) is 0 Å². The molecule has 2 N–H and O–H groups in total. The fourth-order valence-corrected chi connectivity index (χ4v) is 2.73. The van der Waals surface area contributed by atoms with Crippen molar-refractivity contribution in [2.45, 2.75) is 33.3 Å². The normalized spacial score (nSPS) is 19.1. The molecule has 1 saturated heterocycles. The van der Waals surface area contributed by atoms with E-state index in [0.717, 1.165) is 12.0 Å². The maximum absolute atomic E-state index is 12.3. The lowest BCUT2D eigenvalue weighted by Crippen LogP contribution is -2.34. The Morgan fingerprint density at radius 2 is 2.14 bits per heavy atom. The van der Waals surface area contributed by atoms with Gasteiger partial charge in [-0.1, -0.05) is 0 Å². The van der Waals surface area contributed by atoms with Gasteiger partial charge in [0.2, 0.25) is 0 Å². The topological polar surface area (TPSA) is 95.7 Å². The number of likely N-dealkylation sites (tertiary alicyclic amines) is 1. The summed E-state index contributed by atoms with van der Waals surface area (Å²) in [5, 5.41) is 23.3. The number of nitrogens with zero attached hydrogens (tertiary/aromatic N) is 2. The van der Waals surface area contributed by atoms with Crippen molar-refractivity contribution < 1.29 is 14.8 Å². The molecule has 0 radical (unpaired) electrons. The molecule has 7 nitrogen and oxygen atoms in total. The number of carbonyl (C=O) groups is 1. The van der Waals surface area contributed by atoms with E-state index in [1.165, 1.54) is 6.07 Å². The highest BCUT2D eigenvalue weighted by molar-refractivity contribution is 5.91. The minimum atomic E-state index is -0.455. The maximum atomic E-state index is 12.3. The lowest BCUT2D eigenvalue weighted by molar-refractivity contribution is -0.385. The van der Waals surface area contributed by atoms with Gasteiger partial charge >= 0.3 is 6.03 Å². The predicted octanol–water partition coefficient (Wildman–Crippen LogP) is 2.45. The summed E-state index contributed by atoms with van der Waals surface area (Å²) in [4.78, 5) is 24.4. The molecule has 7 heteroatoms. The molecule has 22 heavy (non-hydrogen) atoms. The Morgan fingerprint density at radius 1 is 1.45 bits per heavy atom. The molecule has 120 valence electrons. The van der Waals surface area contributed by atoms with E-state index in [9.17, 15) is 20.0 Å². The molecule has 1 aromatic rings.